The van der Waals surface area contributed by atoms with Crippen LogP contribution in [0.5, 0.6) is 0 Å². The minimum atomic E-state index is -1.37. The molecule has 0 aliphatic heterocycles. The zero-order chi connectivity index (χ0) is 17.1. The lowest BCUT2D eigenvalue weighted by Crippen LogP contribution is -2.28. The SMILES string of the molecule is CCOC(=O)C(C=NC1CC1)C(=O)c1cc(F)c(C)c(F)c1Cl. The molecule has 0 aromatic heterocycles. The second-order valence-electron chi connectivity index (χ2n) is 5.28. The third kappa shape index (κ3) is 3.93. The van der Waals surface area contributed by atoms with Crippen molar-refractivity contribution in [1.29, 1.82) is 0 Å². The van der Waals surface area contributed by atoms with E-state index in [-0.39, 0.29) is 18.2 Å². The molecular weight excluding hydrogens is 328 g/mol. The Morgan fingerprint density at radius 2 is 2.13 bits per heavy atom. The summed E-state index contributed by atoms with van der Waals surface area (Å²) < 4.78 is 32.4. The first-order valence-electron chi connectivity index (χ1n) is 7.25. The van der Waals surface area contributed by atoms with Gasteiger partial charge in [0.15, 0.2) is 11.7 Å². The van der Waals surface area contributed by atoms with E-state index in [0.717, 1.165) is 18.9 Å². The summed E-state index contributed by atoms with van der Waals surface area (Å²) in [5.74, 6) is -4.95. The van der Waals surface area contributed by atoms with E-state index in [1.54, 1.807) is 6.92 Å². The van der Waals surface area contributed by atoms with Crippen molar-refractivity contribution in [3.63, 3.8) is 0 Å². The number of ether oxygens (including phenoxy) is 1. The van der Waals surface area contributed by atoms with E-state index in [0.29, 0.717) is 0 Å². The van der Waals surface area contributed by atoms with Crippen LogP contribution in [0.2, 0.25) is 5.02 Å². The van der Waals surface area contributed by atoms with Crippen LogP contribution in [0.25, 0.3) is 0 Å². The lowest BCUT2D eigenvalue weighted by Gasteiger charge is -2.13. The Morgan fingerprint density at radius 1 is 1.48 bits per heavy atom. The molecule has 1 aliphatic carbocycles. The quantitative estimate of drug-likeness (QED) is 0.261. The van der Waals surface area contributed by atoms with Crippen LogP contribution in [0.3, 0.4) is 0 Å². The van der Waals surface area contributed by atoms with E-state index in [4.69, 9.17) is 16.3 Å². The summed E-state index contributed by atoms with van der Waals surface area (Å²) >= 11 is 5.81. The monoisotopic (exact) mass is 343 g/mol. The number of esters is 1. The lowest BCUT2D eigenvalue weighted by atomic mass is 9.97. The number of rotatable bonds is 6. The molecule has 0 amide bonds. The minimum absolute atomic E-state index is 0.0736. The van der Waals surface area contributed by atoms with E-state index < -0.39 is 39.9 Å². The van der Waals surface area contributed by atoms with Crippen LogP contribution in [0, 0.1) is 24.5 Å². The number of hydrogen-bond donors (Lipinski definition) is 0. The number of aliphatic imine (C=N–C) groups is 1. The van der Waals surface area contributed by atoms with Gasteiger partial charge in [-0.25, -0.2) is 8.78 Å². The van der Waals surface area contributed by atoms with Gasteiger partial charge in [-0.2, -0.15) is 0 Å². The molecule has 124 valence electrons. The van der Waals surface area contributed by atoms with Gasteiger partial charge in [0.1, 0.15) is 11.6 Å². The third-order valence-corrected chi connectivity index (χ3v) is 3.84. The summed E-state index contributed by atoms with van der Waals surface area (Å²) in [5.41, 5.74) is -0.682. The Labute approximate surface area is 137 Å². The van der Waals surface area contributed by atoms with Crippen LogP contribution >= 0.6 is 11.6 Å². The zero-order valence-corrected chi connectivity index (χ0v) is 13.5. The molecule has 1 saturated carbocycles. The summed E-state index contributed by atoms with van der Waals surface area (Å²) in [6, 6.07) is 0.918. The van der Waals surface area contributed by atoms with Gasteiger partial charge >= 0.3 is 5.97 Å². The van der Waals surface area contributed by atoms with E-state index >= 15 is 0 Å². The van der Waals surface area contributed by atoms with Crippen LogP contribution in [-0.4, -0.2) is 30.6 Å². The summed E-state index contributed by atoms with van der Waals surface area (Å²) in [4.78, 5) is 28.6. The number of Topliss-reactive ketones (excluding diaryl/α,β-unsaturated/α-hetero) is 1. The second kappa shape index (κ2) is 7.17. The summed E-state index contributed by atoms with van der Waals surface area (Å²) in [6.07, 6.45) is 2.95. The Kier molecular flexibility index (Phi) is 5.46. The summed E-state index contributed by atoms with van der Waals surface area (Å²) in [7, 11) is 0. The fourth-order valence-corrected chi connectivity index (χ4v) is 2.22. The molecule has 7 heteroatoms. The standard InChI is InChI=1S/C16H16ClF2NO3/c1-3-23-16(22)11(7-20-9-4-5-9)15(21)10-6-12(18)8(2)14(19)13(10)17/h6-7,9,11H,3-5H2,1-2H3. The maximum absolute atomic E-state index is 13.9. The predicted octanol–water partition coefficient (Wildman–Crippen LogP) is 3.52. The number of carbonyl (C=O) groups is 2. The average molecular weight is 344 g/mol. The van der Waals surface area contributed by atoms with E-state index in [1.165, 1.54) is 13.1 Å². The van der Waals surface area contributed by atoms with Crippen molar-refractivity contribution in [1.82, 2.24) is 0 Å². The number of halogens is 3. The molecule has 1 atom stereocenters. The molecule has 0 radical (unpaired) electrons. The first kappa shape index (κ1) is 17.5. The molecule has 1 unspecified atom stereocenters. The molecule has 1 aromatic rings. The second-order valence-corrected chi connectivity index (χ2v) is 5.66. The highest BCUT2D eigenvalue weighted by Crippen LogP contribution is 2.28. The van der Waals surface area contributed by atoms with E-state index in [1.807, 2.05) is 0 Å². The number of hydrogen-bond acceptors (Lipinski definition) is 4. The van der Waals surface area contributed by atoms with Crippen LogP contribution in [0.1, 0.15) is 35.7 Å². The van der Waals surface area contributed by atoms with Crippen LogP contribution in [0.4, 0.5) is 8.78 Å². The number of ketones is 1. The van der Waals surface area contributed by atoms with Crippen molar-refractivity contribution >= 4 is 29.6 Å². The zero-order valence-electron chi connectivity index (χ0n) is 12.7. The largest absolute Gasteiger partial charge is 0.465 e. The molecule has 2 rings (SSSR count). The molecule has 4 nitrogen and oxygen atoms in total. The molecule has 0 bridgehead atoms. The van der Waals surface area contributed by atoms with Crippen molar-refractivity contribution in [2.45, 2.75) is 32.7 Å². The Bertz CT molecular complexity index is 672. The molecule has 1 fully saturated rings. The van der Waals surface area contributed by atoms with Gasteiger partial charge < -0.3 is 4.74 Å². The maximum Gasteiger partial charge on any atom is 0.322 e. The average Bonchev–Trinajstić information content (AvgIpc) is 3.33. The topological polar surface area (TPSA) is 55.7 Å². The molecule has 0 spiro atoms. The summed E-state index contributed by atoms with van der Waals surface area (Å²) in [6.45, 7) is 2.88. The molecule has 23 heavy (non-hydrogen) atoms. The highest BCUT2D eigenvalue weighted by molar-refractivity contribution is 6.35. The van der Waals surface area contributed by atoms with E-state index in [9.17, 15) is 18.4 Å². The first-order valence-corrected chi connectivity index (χ1v) is 7.62. The fourth-order valence-electron chi connectivity index (χ4n) is 1.93. The Hall–Kier alpha value is -1.82. The Morgan fingerprint density at radius 3 is 2.70 bits per heavy atom. The first-order chi connectivity index (χ1) is 10.9. The highest BCUT2D eigenvalue weighted by atomic mass is 35.5. The van der Waals surface area contributed by atoms with Crippen molar-refractivity contribution in [3.05, 3.63) is 33.9 Å². The van der Waals surface area contributed by atoms with Gasteiger partial charge in [-0.3, -0.25) is 14.6 Å². The number of benzene rings is 1. The molecule has 0 saturated heterocycles. The van der Waals surface area contributed by atoms with Crippen LogP contribution in [-0.2, 0) is 9.53 Å². The molecular formula is C16H16ClF2NO3. The summed E-state index contributed by atoms with van der Waals surface area (Å²) in [5, 5.41) is -0.511. The predicted molar refractivity (Wildman–Crippen MR) is 82.1 cm³/mol. The van der Waals surface area contributed by atoms with Gasteiger partial charge in [0.25, 0.3) is 0 Å². The van der Waals surface area contributed by atoms with Gasteiger partial charge in [-0.15, -0.1) is 0 Å². The normalized spacial score (nSPS) is 15.7. The third-order valence-electron chi connectivity index (χ3n) is 3.47. The van der Waals surface area contributed by atoms with E-state index in [2.05, 4.69) is 4.99 Å². The van der Waals surface area contributed by atoms with Gasteiger partial charge in [0.2, 0.25) is 0 Å². The van der Waals surface area contributed by atoms with Crippen molar-refractivity contribution < 1.29 is 23.1 Å². The highest BCUT2D eigenvalue weighted by Gasteiger charge is 2.32. The van der Waals surface area contributed by atoms with Crippen molar-refractivity contribution in [2.75, 3.05) is 6.61 Å². The van der Waals surface area contributed by atoms with Gasteiger partial charge in [-0.1, -0.05) is 11.6 Å². The smallest absolute Gasteiger partial charge is 0.322 e. The molecule has 0 N–H and O–H groups in total. The van der Waals surface area contributed by atoms with Crippen LogP contribution in [0.15, 0.2) is 11.1 Å². The van der Waals surface area contributed by atoms with Crippen molar-refractivity contribution in [3.8, 4) is 0 Å². The number of carbonyl (C=O) groups excluding carboxylic acids is 2. The maximum atomic E-state index is 13.9. The van der Waals surface area contributed by atoms with Gasteiger partial charge in [-0.05, 0) is 32.8 Å². The van der Waals surface area contributed by atoms with Gasteiger partial charge in [0, 0.05) is 23.4 Å². The van der Waals surface area contributed by atoms with Gasteiger partial charge in [0.05, 0.1) is 11.6 Å². The number of nitrogens with zero attached hydrogens (tertiary/aromatic N) is 1. The molecule has 1 aromatic carbocycles. The molecule has 0 heterocycles. The lowest BCUT2D eigenvalue weighted by molar-refractivity contribution is -0.143. The van der Waals surface area contributed by atoms with Crippen molar-refractivity contribution in [2.24, 2.45) is 10.9 Å². The minimum Gasteiger partial charge on any atom is -0.465 e. The van der Waals surface area contributed by atoms with Crippen LogP contribution < -0.4 is 0 Å². The Balaban J connectivity index is 2.38. The molecule has 1 aliphatic rings. The fraction of sp³-hybridized carbons (Fsp3) is 0.438.